The predicted molar refractivity (Wildman–Crippen MR) is 118 cm³/mol. The number of hydrogen-bond acceptors (Lipinski definition) is 6. The summed E-state index contributed by atoms with van der Waals surface area (Å²) in [6.45, 7) is 0. The lowest BCUT2D eigenvalue weighted by atomic mass is 10.0. The molecule has 178 valence electrons. The van der Waals surface area contributed by atoms with E-state index in [9.17, 15) is 29.1 Å². The zero-order valence-electron chi connectivity index (χ0n) is 17.9. The molecule has 4 amide bonds. The van der Waals surface area contributed by atoms with Gasteiger partial charge in [-0.3, -0.25) is 19.2 Å². The van der Waals surface area contributed by atoms with Crippen LogP contribution in [0.1, 0.15) is 31.2 Å². The van der Waals surface area contributed by atoms with Crippen LogP contribution >= 0.6 is 0 Å². The van der Waals surface area contributed by atoms with Gasteiger partial charge in [-0.25, -0.2) is 4.79 Å². The quantitative estimate of drug-likeness (QED) is 0.189. The molecule has 3 unspecified atom stereocenters. The Bertz CT molecular complexity index is 1040. The van der Waals surface area contributed by atoms with E-state index in [1.54, 1.807) is 6.20 Å². The molecule has 0 spiro atoms. The van der Waals surface area contributed by atoms with Gasteiger partial charge in [0.05, 0.1) is 6.04 Å². The van der Waals surface area contributed by atoms with Gasteiger partial charge < -0.3 is 37.9 Å². The minimum atomic E-state index is -1.38. The van der Waals surface area contributed by atoms with Crippen LogP contribution in [0, 0.1) is 0 Å². The van der Waals surface area contributed by atoms with Crippen LogP contribution in [0.5, 0.6) is 0 Å². The number of fused-ring (bicyclic) bond motifs is 1. The average molecular weight is 460 g/mol. The number of rotatable bonds is 13. The maximum atomic E-state index is 13.0. The Balaban J connectivity index is 2.22. The minimum absolute atomic E-state index is 0.0149. The monoisotopic (exact) mass is 460 g/mol. The first-order valence-electron chi connectivity index (χ1n) is 10.3. The van der Waals surface area contributed by atoms with Crippen LogP contribution in [0.4, 0.5) is 0 Å². The third-order valence-electron chi connectivity index (χ3n) is 5.06. The fraction of sp³-hybridized carbons (Fsp3) is 0.381. The number of hydrogen-bond donors (Lipinski definition) is 7. The van der Waals surface area contributed by atoms with Crippen molar-refractivity contribution >= 4 is 40.5 Å². The lowest BCUT2D eigenvalue weighted by molar-refractivity contribution is -0.142. The molecule has 0 aliphatic carbocycles. The largest absolute Gasteiger partial charge is 0.480 e. The van der Waals surface area contributed by atoms with Gasteiger partial charge in [0, 0.05) is 36.4 Å². The highest BCUT2D eigenvalue weighted by Gasteiger charge is 2.29. The van der Waals surface area contributed by atoms with E-state index >= 15 is 0 Å². The van der Waals surface area contributed by atoms with Crippen molar-refractivity contribution in [3.63, 3.8) is 0 Å². The molecule has 33 heavy (non-hydrogen) atoms. The summed E-state index contributed by atoms with van der Waals surface area (Å²) in [5.74, 6) is -4.14. The van der Waals surface area contributed by atoms with E-state index in [4.69, 9.17) is 17.2 Å². The second-order valence-corrected chi connectivity index (χ2v) is 7.64. The first kappa shape index (κ1) is 25.3. The van der Waals surface area contributed by atoms with Gasteiger partial charge >= 0.3 is 5.97 Å². The Kier molecular flexibility index (Phi) is 8.92. The normalized spacial score (nSPS) is 13.6. The van der Waals surface area contributed by atoms with Crippen LogP contribution in [0.25, 0.3) is 10.9 Å². The van der Waals surface area contributed by atoms with E-state index in [0.29, 0.717) is 5.56 Å². The van der Waals surface area contributed by atoms with E-state index in [2.05, 4.69) is 15.6 Å². The van der Waals surface area contributed by atoms with Crippen molar-refractivity contribution in [3.05, 3.63) is 36.0 Å². The van der Waals surface area contributed by atoms with Crippen LogP contribution in [-0.4, -0.2) is 57.8 Å². The molecule has 0 aliphatic rings. The molecular formula is C21H28N6O6. The molecule has 12 heteroatoms. The zero-order chi connectivity index (χ0) is 24.5. The third-order valence-corrected chi connectivity index (χ3v) is 5.06. The van der Waals surface area contributed by atoms with E-state index in [1.165, 1.54) is 0 Å². The second-order valence-electron chi connectivity index (χ2n) is 7.64. The third kappa shape index (κ3) is 7.61. The Morgan fingerprint density at radius 2 is 1.52 bits per heavy atom. The lowest BCUT2D eigenvalue weighted by Crippen LogP contribution is -2.55. The molecule has 3 atom stereocenters. The number of primary amides is 2. The fourth-order valence-corrected chi connectivity index (χ4v) is 3.25. The van der Waals surface area contributed by atoms with Gasteiger partial charge in [0.2, 0.25) is 23.6 Å². The number of nitrogens with two attached hydrogens (primary N) is 3. The summed E-state index contributed by atoms with van der Waals surface area (Å²) in [7, 11) is 0. The van der Waals surface area contributed by atoms with E-state index in [-0.39, 0.29) is 32.1 Å². The van der Waals surface area contributed by atoms with Crippen molar-refractivity contribution in [3.8, 4) is 0 Å². The van der Waals surface area contributed by atoms with Gasteiger partial charge in [-0.15, -0.1) is 0 Å². The fourth-order valence-electron chi connectivity index (χ4n) is 3.25. The Labute approximate surface area is 189 Å². The Morgan fingerprint density at radius 1 is 0.909 bits per heavy atom. The maximum absolute atomic E-state index is 13.0. The van der Waals surface area contributed by atoms with E-state index < -0.39 is 47.7 Å². The summed E-state index contributed by atoms with van der Waals surface area (Å²) >= 11 is 0. The van der Waals surface area contributed by atoms with E-state index in [1.807, 2.05) is 24.3 Å². The number of carbonyl (C=O) groups excluding carboxylic acids is 4. The van der Waals surface area contributed by atoms with Crippen LogP contribution in [-0.2, 0) is 30.4 Å². The lowest BCUT2D eigenvalue weighted by Gasteiger charge is -2.23. The van der Waals surface area contributed by atoms with Gasteiger partial charge in [-0.05, 0) is 24.5 Å². The highest BCUT2D eigenvalue weighted by atomic mass is 16.4. The highest BCUT2D eigenvalue weighted by molar-refractivity contribution is 5.93. The van der Waals surface area contributed by atoms with E-state index in [0.717, 1.165) is 10.9 Å². The topological polar surface area (TPSA) is 223 Å². The number of carboxylic acids is 1. The first-order chi connectivity index (χ1) is 15.6. The molecule has 10 N–H and O–H groups in total. The maximum Gasteiger partial charge on any atom is 0.326 e. The molecule has 0 saturated heterocycles. The summed E-state index contributed by atoms with van der Waals surface area (Å²) in [5.41, 5.74) is 17.5. The smallest absolute Gasteiger partial charge is 0.326 e. The van der Waals surface area contributed by atoms with Gasteiger partial charge in [0.25, 0.3) is 0 Å². The molecule has 12 nitrogen and oxygen atoms in total. The molecule has 1 heterocycles. The number of carbonyl (C=O) groups is 5. The molecule has 1 aromatic carbocycles. The molecule has 0 aliphatic heterocycles. The van der Waals surface area contributed by atoms with Gasteiger partial charge in [0.15, 0.2) is 0 Å². The zero-order valence-corrected chi connectivity index (χ0v) is 17.9. The van der Waals surface area contributed by atoms with Crippen molar-refractivity contribution in [2.75, 3.05) is 0 Å². The highest BCUT2D eigenvalue weighted by Crippen LogP contribution is 2.19. The molecular weight excluding hydrogens is 432 g/mol. The number of carboxylic acid groups (broad SMARTS) is 1. The summed E-state index contributed by atoms with van der Waals surface area (Å²) in [4.78, 5) is 62.1. The van der Waals surface area contributed by atoms with Crippen LogP contribution < -0.4 is 27.8 Å². The number of amides is 4. The number of para-hydroxylation sites is 1. The molecule has 0 radical (unpaired) electrons. The molecule has 0 fully saturated rings. The van der Waals surface area contributed by atoms with Crippen molar-refractivity contribution < 1.29 is 29.1 Å². The predicted octanol–water partition coefficient (Wildman–Crippen LogP) is -1.38. The summed E-state index contributed by atoms with van der Waals surface area (Å²) in [6.07, 6.45) is 1.15. The summed E-state index contributed by atoms with van der Waals surface area (Å²) in [5, 5.41) is 15.1. The van der Waals surface area contributed by atoms with Crippen LogP contribution in [0.3, 0.4) is 0 Å². The van der Waals surface area contributed by atoms with Crippen molar-refractivity contribution in [2.24, 2.45) is 17.2 Å². The van der Waals surface area contributed by atoms with Crippen LogP contribution in [0.2, 0.25) is 0 Å². The standard InChI is InChI=1S/C21H28N6O6/c22-13(5-7-17(23)28)19(30)27-16(9-11-10-25-14-4-2-1-3-12(11)14)20(31)26-15(21(32)33)6-8-18(24)29/h1-4,10,13,15-16,25H,5-9,22H2,(H2,23,28)(H2,24,29)(H,26,31)(H,27,30)(H,32,33). The first-order valence-corrected chi connectivity index (χ1v) is 10.3. The number of nitrogens with one attached hydrogen (secondary N) is 3. The number of benzene rings is 1. The number of aromatic amines is 1. The second kappa shape index (κ2) is 11.6. The average Bonchev–Trinajstić information content (AvgIpc) is 3.16. The number of aromatic nitrogens is 1. The van der Waals surface area contributed by atoms with Gasteiger partial charge in [-0.2, -0.15) is 0 Å². The van der Waals surface area contributed by atoms with Crippen LogP contribution in [0.15, 0.2) is 30.5 Å². The Hall–Kier alpha value is -3.93. The molecule has 2 aromatic rings. The Morgan fingerprint density at radius 3 is 2.15 bits per heavy atom. The summed E-state index contributed by atoms with van der Waals surface area (Å²) in [6, 6.07) is 3.68. The summed E-state index contributed by atoms with van der Waals surface area (Å²) < 4.78 is 0. The van der Waals surface area contributed by atoms with Gasteiger partial charge in [-0.1, -0.05) is 18.2 Å². The van der Waals surface area contributed by atoms with Crippen molar-refractivity contribution in [1.29, 1.82) is 0 Å². The van der Waals surface area contributed by atoms with Crippen molar-refractivity contribution in [2.45, 2.75) is 50.2 Å². The van der Waals surface area contributed by atoms with Gasteiger partial charge in [0.1, 0.15) is 12.1 Å². The van der Waals surface area contributed by atoms with Crippen molar-refractivity contribution in [1.82, 2.24) is 15.6 Å². The molecule has 0 saturated carbocycles. The number of aliphatic carboxylic acids is 1. The number of H-pyrrole nitrogens is 1. The molecule has 1 aromatic heterocycles. The molecule has 2 rings (SSSR count). The SMILES string of the molecule is NC(=O)CCC(N)C(=O)NC(Cc1c[nH]c2ccccc12)C(=O)NC(CCC(N)=O)C(=O)O. The minimum Gasteiger partial charge on any atom is -0.480 e. The molecule has 0 bridgehead atoms.